The van der Waals surface area contributed by atoms with E-state index in [4.69, 9.17) is 14.2 Å². The Morgan fingerprint density at radius 3 is 0.795 bits per heavy atom. The summed E-state index contributed by atoms with van der Waals surface area (Å²) in [5, 5.41) is 0. The summed E-state index contributed by atoms with van der Waals surface area (Å²) in [6.07, 6.45) is 88.6. The summed E-state index contributed by atoms with van der Waals surface area (Å²) in [5.74, 6) is -0.933. The van der Waals surface area contributed by atoms with E-state index in [2.05, 4.69) is 118 Å². The molecule has 1 unspecified atom stereocenters. The van der Waals surface area contributed by atoms with Crippen LogP contribution in [0.1, 0.15) is 323 Å². The largest absolute Gasteiger partial charge is 0.462 e. The van der Waals surface area contributed by atoms with Crippen molar-refractivity contribution in [2.45, 2.75) is 329 Å². The summed E-state index contributed by atoms with van der Waals surface area (Å²) < 4.78 is 16.9. The van der Waals surface area contributed by atoms with Crippen LogP contribution in [0.3, 0.4) is 0 Å². The minimum Gasteiger partial charge on any atom is -0.462 e. The average molecular weight is 1090 g/mol. The molecule has 0 bridgehead atoms. The second-order valence-electron chi connectivity index (χ2n) is 22.0. The van der Waals surface area contributed by atoms with E-state index in [1.54, 1.807) is 0 Å². The lowest BCUT2D eigenvalue weighted by Gasteiger charge is -2.18. The predicted molar refractivity (Wildman–Crippen MR) is 339 cm³/mol. The quantitative estimate of drug-likeness (QED) is 0.0261. The third-order valence-corrected chi connectivity index (χ3v) is 14.3. The molecule has 0 aliphatic rings. The molecule has 6 heteroatoms. The minimum atomic E-state index is -0.804. The van der Waals surface area contributed by atoms with Crippen molar-refractivity contribution in [2.75, 3.05) is 13.2 Å². The highest BCUT2D eigenvalue weighted by atomic mass is 16.6. The molecule has 0 aliphatic heterocycles. The van der Waals surface area contributed by atoms with Gasteiger partial charge in [0, 0.05) is 19.3 Å². The lowest BCUT2D eigenvalue weighted by Crippen LogP contribution is -2.30. The van der Waals surface area contributed by atoms with Gasteiger partial charge < -0.3 is 14.2 Å². The Bertz CT molecular complexity index is 1530. The molecule has 0 fully saturated rings. The molecule has 78 heavy (non-hydrogen) atoms. The second-order valence-corrected chi connectivity index (χ2v) is 22.0. The van der Waals surface area contributed by atoms with Crippen molar-refractivity contribution in [3.63, 3.8) is 0 Å². The molecule has 6 nitrogen and oxygen atoms in total. The molecule has 0 saturated heterocycles. The van der Waals surface area contributed by atoms with Crippen LogP contribution < -0.4 is 0 Å². The predicted octanol–water partition coefficient (Wildman–Crippen LogP) is 22.8. The Labute approximate surface area is 483 Å². The molecule has 0 radical (unpaired) electrons. The smallest absolute Gasteiger partial charge is 0.306 e. The Hall–Kier alpha value is -3.67. The molecular formula is C72H124O6. The van der Waals surface area contributed by atoms with E-state index in [1.165, 1.54) is 148 Å². The van der Waals surface area contributed by atoms with Gasteiger partial charge in [-0.15, -0.1) is 0 Å². The molecule has 0 amide bonds. The highest BCUT2D eigenvalue weighted by Gasteiger charge is 2.19. The number of esters is 3. The molecule has 0 rings (SSSR count). The van der Waals surface area contributed by atoms with Crippen molar-refractivity contribution in [2.24, 2.45) is 0 Å². The number of hydrogen-bond donors (Lipinski definition) is 0. The molecule has 0 aromatic rings. The summed E-state index contributed by atoms with van der Waals surface area (Å²) in [4.78, 5) is 38.3. The van der Waals surface area contributed by atoms with E-state index in [-0.39, 0.29) is 37.5 Å². The summed E-state index contributed by atoms with van der Waals surface area (Å²) in [7, 11) is 0. The monoisotopic (exact) mass is 1080 g/mol. The van der Waals surface area contributed by atoms with Crippen molar-refractivity contribution in [1.82, 2.24) is 0 Å². The zero-order valence-corrected chi connectivity index (χ0v) is 51.4. The fraction of sp³-hybridized carbons (Fsp3) is 0.736. The molecule has 1 atom stereocenters. The third kappa shape index (κ3) is 63.2. The highest BCUT2D eigenvalue weighted by Crippen LogP contribution is 2.17. The van der Waals surface area contributed by atoms with Crippen LogP contribution in [0.5, 0.6) is 0 Å². The van der Waals surface area contributed by atoms with Gasteiger partial charge in [-0.25, -0.2) is 0 Å². The fourth-order valence-corrected chi connectivity index (χ4v) is 9.43. The van der Waals surface area contributed by atoms with Gasteiger partial charge in [-0.1, -0.05) is 304 Å². The first kappa shape index (κ1) is 74.3. The van der Waals surface area contributed by atoms with E-state index in [1.807, 2.05) is 0 Å². The van der Waals surface area contributed by atoms with Gasteiger partial charge in [-0.3, -0.25) is 14.4 Å². The van der Waals surface area contributed by atoms with Gasteiger partial charge in [-0.2, -0.15) is 0 Å². The average Bonchev–Trinajstić information content (AvgIpc) is 3.44. The Balaban J connectivity index is 4.34. The van der Waals surface area contributed by atoms with Crippen molar-refractivity contribution in [1.29, 1.82) is 0 Å². The van der Waals surface area contributed by atoms with Crippen LogP contribution in [0.25, 0.3) is 0 Å². The maximum atomic E-state index is 12.9. The molecule has 0 spiro atoms. The number of allylic oxidation sites excluding steroid dienone is 16. The van der Waals surface area contributed by atoms with Gasteiger partial charge in [0.1, 0.15) is 13.2 Å². The van der Waals surface area contributed by atoms with Gasteiger partial charge in [0.2, 0.25) is 0 Å². The molecule has 0 heterocycles. The molecule has 0 aliphatic carbocycles. The normalized spacial score (nSPS) is 12.7. The Morgan fingerprint density at radius 2 is 0.500 bits per heavy atom. The van der Waals surface area contributed by atoms with Crippen LogP contribution in [0, 0.1) is 0 Å². The number of hydrogen-bond acceptors (Lipinski definition) is 6. The number of carbonyl (C=O) groups excluding carboxylic acids is 3. The minimum absolute atomic E-state index is 0.0948. The summed E-state index contributed by atoms with van der Waals surface area (Å²) in [5.41, 5.74) is 0. The maximum Gasteiger partial charge on any atom is 0.306 e. The summed E-state index contributed by atoms with van der Waals surface area (Å²) in [6, 6.07) is 0. The van der Waals surface area contributed by atoms with E-state index in [0.29, 0.717) is 12.8 Å². The van der Waals surface area contributed by atoms with Gasteiger partial charge in [0.15, 0.2) is 6.10 Å². The lowest BCUT2D eigenvalue weighted by molar-refractivity contribution is -0.167. The van der Waals surface area contributed by atoms with Crippen molar-refractivity contribution in [3.05, 3.63) is 97.2 Å². The molecule has 0 saturated carbocycles. The van der Waals surface area contributed by atoms with Gasteiger partial charge in [0.25, 0.3) is 0 Å². The number of unbranched alkanes of at least 4 members (excludes halogenated alkanes) is 33. The highest BCUT2D eigenvalue weighted by molar-refractivity contribution is 5.71. The molecule has 0 N–H and O–H groups in total. The first-order valence-electron chi connectivity index (χ1n) is 33.2. The maximum absolute atomic E-state index is 12.9. The first-order valence-corrected chi connectivity index (χ1v) is 33.2. The SMILES string of the molecule is CC/C=C\C/C=C\C/C=C\C/C=C\C/C=C\CCCCCC(=O)OC(COC(=O)CCCCCCC/C=C\C/C=C\C/C=C\CC)COC(=O)CCCCCCCCCCCCCCCCCCCCCCCCCCCC. The molecular weight excluding hydrogens is 961 g/mol. The zero-order chi connectivity index (χ0) is 56.4. The van der Waals surface area contributed by atoms with Crippen molar-refractivity contribution < 1.29 is 28.6 Å². The third-order valence-electron chi connectivity index (χ3n) is 14.3. The van der Waals surface area contributed by atoms with Crippen molar-refractivity contribution in [3.8, 4) is 0 Å². The summed E-state index contributed by atoms with van der Waals surface area (Å²) >= 11 is 0. The van der Waals surface area contributed by atoms with Crippen LogP contribution >= 0.6 is 0 Å². The zero-order valence-electron chi connectivity index (χ0n) is 51.4. The fourth-order valence-electron chi connectivity index (χ4n) is 9.43. The standard InChI is InChI=1S/C72H124O6/c1-4-7-10-13-16-19-22-25-28-30-32-33-34-35-36-37-38-40-41-44-47-50-53-56-59-62-65-71(74)77-68-69(67-76-70(73)64-61-58-55-52-49-46-43-27-24-21-18-15-12-9-6-3)78-72(75)66-63-60-57-54-51-48-45-42-39-31-29-26-23-20-17-14-11-8-5-2/h8-9,11-12,17-18,20-21,26-27,29,39,42-43,48,51,69H,4-7,10,13-16,19,22-25,28,30-38,40-41,44-47,49-50,52-68H2,1-3H3/b11-8-,12-9-,20-17-,21-18-,29-26-,42-39-,43-27-,51-48-. The summed E-state index contributed by atoms with van der Waals surface area (Å²) in [6.45, 7) is 6.41. The number of ether oxygens (including phenoxy) is 3. The van der Waals surface area contributed by atoms with Crippen LogP contribution in [0.2, 0.25) is 0 Å². The topological polar surface area (TPSA) is 78.9 Å². The van der Waals surface area contributed by atoms with E-state index < -0.39 is 6.10 Å². The van der Waals surface area contributed by atoms with Crippen LogP contribution in [-0.2, 0) is 28.6 Å². The van der Waals surface area contributed by atoms with E-state index >= 15 is 0 Å². The molecule has 0 aromatic heterocycles. The van der Waals surface area contributed by atoms with E-state index in [9.17, 15) is 14.4 Å². The first-order chi connectivity index (χ1) is 38.5. The van der Waals surface area contributed by atoms with Crippen molar-refractivity contribution >= 4 is 17.9 Å². The molecule has 448 valence electrons. The van der Waals surface area contributed by atoms with Crippen LogP contribution in [-0.4, -0.2) is 37.2 Å². The Kier molecular flexibility index (Phi) is 62.7. The van der Waals surface area contributed by atoms with E-state index in [0.717, 1.165) is 135 Å². The van der Waals surface area contributed by atoms with Gasteiger partial charge in [0.05, 0.1) is 0 Å². The van der Waals surface area contributed by atoms with Crippen LogP contribution in [0.4, 0.5) is 0 Å². The molecule has 0 aromatic carbocycles. The van der Waals surface area contributed by atoms with Gasteiger partial charge in [-0.05, 0) is 96.3 Å². The van der Waals surface area contributed by atoms with Crippen LogP contribution in [0.15, 0.2) is 97.2 Å². The Morgan fingerprint density at radius 1 is 0.269 bits per heavy atom. The lowest BCUT2D eigenvalue weighted by atomic mass is 10.0. The number of rotatable bonds is 60. The second kappa shape index (κ2) is 65.8. The van der Waals surface area contributed by atoms with Gasteiger partial charge >= 0.3 is 17.9 Å². The number of carbonyl (C=O) groups is 3.